The molecule has 0 radical (unpaired) electrons. The smallest absolute Gasteiger partial charge is 0.302 e. The van der Waals surface area contributed by atoms with Crippen LogP contribution in [0.4, 0.5) is 0 Å². The number of likely N-dealkylation sites (N-methyl/N-ethyl adjacent to an activating group) is 2. The van der Waals surface area contributed by atoms with Gasteiger partial charge in [-0.1, -0.05) is 38.8 Å². The van der Waals surface area contributed by atoms with E-state index in [0.29, 0.717) is 19.3 Å². The molecular weight excluding hydrogens is 434 g/mol. The van der Waals surface area contributed by atoms with E-state index in [-0.39, 0.29) is 41.9 Å². The Balaban J connectivity index is 4.51. The summed E-state index contributed by atoms with van der Waals surface area (Å²) in [6, 6.07) is -0.762. The van der Waals surface area contributed by atoms with E-state index in [0.717, 1.165) is 32.1 Å². The molecule has 0 bridgehead atoms. The number of nitrogens with zero attached hydrogens (tertiary/aromatic N) is 1. The zero-order valence-corrected chi connectivity index (χ0v) is 22.3. The fourth-order valence-electron chi connectivity index (χ4n) is 3.97. The maximum atomic E-state index is 13.0. The average Bonchev–Trinajstić information content (AvgIpc) is 2.78. The van der Waals surface area contributed by atoms with Crippen molar-refractivity contribution in [3.63, 3.8) is 0 Å². The number of amides is 1. The van der Waals surface area contributed by atoms with Gasteiger partial charge in [0.25, 0.3) is 0 Å². The van der Waals surface area contributed by atoms with Crippen molar-refractivity contribution in [3.05, 3.63) is 12.2 Å². The number of allylic oxidation sites excluding steroid dienone is 2. The Bertz CT molecular complexity index is 659. The highest BCUT2D eigenvalue weighted by molar-refractivity contribution is 5.88. The van der Waals surface area contributed by atoms with Crippen LogP contribution in [0.2, 0.25) is 0 Å². The molecule has 34 heavy (non-hydrogen) atoms. The average molecular weight is 482 g/mol. The highest BCUT2D eigenvalue weighted by atomic mass is 16.5. The summed E-state index contributed by atoms with van der Waals surface area (Å²) < 4.78 is 5.59. The first-order chi connectivity index (χ1) is 16.1. The zero-order valence-electron chi connectivity index (χ0n) is 22.3. The summed E-state index contributed by atoms with van der Waals surface area (Å²) in [6.07, 6.45) is 8.85. The fraction of sp³-hybridized carbons (Fsp3) is 0.769. The second-order valence-electron chi connectivity index (χ2n) is 9.15. The van der Waals surface area contributed by atoms with Crippen LogP contribution in [0.1, 0.15) is 79.1 Å². The number of hydrogen-bond donors (Lipinski definition) is 2. The molecule has 2 unspecified atom stereocenters. The summed E-state index contributed by atoms with van der Waals surface area (Å²) >= 11 is 0. The Morgan fingerprint density at radius 3 is 2.15 bits per heavy atom. The first-order valence-corrected chi connectivity index (χ1v) is 12.5. The van der Waals surface area contributed by atoms with Crippen LogP contribution in [0.25, 0.3) is 0 Å². The van der Waals surface area contributed by atoms with Crippen LogP contribution in [0.5, 0.6) is 0 Å². The molecule has 0 aliphatic heterocycles. The summed E-state index contributed by atoms with van der Waals surface area (Å²) in [5.41, 5.74) is 0. The van der Waals surface area contributed by atoms with Crippen molar-refractivity contribution in [2.45, 2.75) is 97.2 Å². The van der Waals surface area contributed by atoms with E-state index in [9.17, 15) is 19.2 Å². The van der Waals surface area contributed by atoms with Gasteiger partial charge in [-0.25, -0.2) is 0 Å². The lowest BCUT2D eigenvalue weighted by Crippen LogP contribution is -2.49. The van der Waals surface area contributed by atoms with Crippen molar-refractivity contribution in [3.8, 4) is 0 Å². The third kappa shape index (κ3) is 13.0. The van der Waals surface area contributed by atoms with Crippen LogP contribution in [0.3, 0.4) is 0 Å². The molecule has 0 saturated heterocycles. The zero-order chi connectivity index (χ0) is 26.1. The van der Waals surface area contributed by atoms with E-state index < -0.39 is 12.1 Å². The molecule has 2 N–H and O–H groups in total. The van der Waals surface area contributed by atoms with Crippen LogP contribution in [-0.2, 0) is 23.9 Å². The molecule has 0 aliphatic carbocycles. The summed E-state index contributed by atoms with van der Waals surface area (Å²) in [4.78, 5) is 50.5. The maximum Gasteiger partial charge on any atom is 0.302 e. The molecule has 0 spiro atoms. The van der Waals surface area contributed by atoms with Gasteiger partial charge in [-0.3, -0.25) is 24.1 Å². The molecule has 4 atom stereocenters. The topological polar surface area (TPSA) is 105 Å². The fourth-order valence-corrected chi connectivity index (χ4v) is 3.97. The van der Waals surface area contributed by atoms with E-state index >= 15 is 0 Å². The Labute approximate surface area is 206 Å². The molecule has 8 nitrogen and oxygen atoms in total. The highest BCUT2D eigenvalue weighted by Gasteiger charge is 2.35. The first-order valence-electron chi connectivity index (χ1n) is 12.5. The minimum Gasteiger partial charge on any atom is -0.460 e. The number of carbonyl (C=O) groups is 4. The van der Waals surface area contributed by atoms with Gasteiger partial charge in [-0.15, -0.1) is 0 Å². The van der Waals surface area contributed by atoms with Gasteiger partial charge in [-0.05, 0) is 59.7 Å². The summed E-state index contributed by atoms with van der Waals surface area (Å²) in [5.74, 6) is -0.433. The molecule has 8 heteroatoms. The molecule has 0 saturated carbocycles. The third-order valence-electron chi connectivity index (χ3n) is 5.97. The van der Waals surface area contributed by atoms with E-state index in [1.807, 2.05) is 51.9 Å². The number of hydrogen-bond acceptors (Lipinski definition) is 7. The molecule has 0 aromatic heterocycles. The first kappa shape index (κ1) is 31.9. The normalized spacial score (nSPS) is 15.1. The van der Waals surface area contributed by atoms with Crippen molar-refractivity contribution in [2.75, 3.05) is 27.7 Å². The number of ether oxygens (including phenoxy) is 1. The Kier molecular flexibility index (Phi) is 17.2. The predicted molar refractivity (Wildman–Crippen MR) is 135 cm³/mol. The summed E-state index contributed by atoms with van der Waals surface area (Å²) in [7, 11) is 5.40. The SMILES string of the molecule is CC=CC[C@@H](C)C(OC(C)=O)C(C(=O)CCCCCCC(=O)CNC(=O)[C@H](CC)NC)N(C)C. The maximum absolute atomic E-state index is 13.0. The van der Waals surface area contributed by atoms with Crippen LogP contribution in [0.15, 0.2) is 12.2 Å². The molecule has 0 aliphatic rings. The number of nitrogens with one attached hydrogen (secondary N) is 2. The number of Topliss-reactive ketones (excluding diaryl/α,β-unsaturated/α-hetero) is 2. The standard InChI is InChI=1S/C26H47N3O5/c1-8-10-15-19(3)25(34-20(4)30)24(29(6)7)23(32)17-14-12-11-13-16-21(31)18-28-26(33)22(9-2)27-5/h8,10,19,22,24-25,27H,9,11-18H2,1-7H3,(H,28,33)/t19-,22+,24?,25?/m1/s1. The molecule has 0 heterocycles. The number of unbranched alkanes of at least 4 members (excludes halogenated alkanes) is 3. The van der Waals surface area contributed by atoms with Crippen molar-refractivity contribution in [2.24, 2.45) is 5.92 Å². The summed E-state index contributed by atoms with van der Waals surface area (Å²) in [5, 5.41) is 5.59. The van der Waals surface area contributed by atoms with Gasteiger partial charge < -0.3 is 15.4 Å². The minimum absolute atomic E-state index is 0.0161. The quantitative estimate of drug-likeness (QED) is 0.166. The van der Waals surface area contributed by atoms with Gasteiger partial charge in [0, 0.05) is 19.8 Å². The second kappa shape index (κ2) is 18.3. The number of ketones is 2. The molecule has 1 amide bonds. The molecule has 0 aromatic rings. The van der Waals surface area contributed by atoms with Gasteiger partial charge in [0.05, 0.1) is 12.6 Å². The monoisotopic (exact) mass is 481 g/mol. The lowest BCUT2D eigenvalue weighted by Gasteiger charge is -2.34. The van der Waals surface area contributed by atoms with E-state index in [1.165, 1.54) is 6.92 Å². The predicted octanol–water partition coefficient (Wildman–Crippen LogP) is 3.04. The van der Waals surface area contributed by atoms with Gasteiger partial charge in [-0.2, -0.15) is 0 Å². The van der Waals surface area contributed by atoms with Gasteiger partial charge in [0.2, 0.25) is 5.91 Å². The number of carbonyl (C=O) groups excluding carboxylic acids is 4. The van der Waals surface area contributed by atoms with Crippen molar-refractivity contribution in [1.29, 1.82) is 0 Å². The lowest BCUT2D eigenvalue weighted by atomic mass is 9.89. The lowest BCUT2D eigenvalue weighted by molar-refractivity contribution is -0.155. The van der Waals surface area contributed by atoms with E-state index in [4.69, 9.17) is 4.74 Å². The van der Waals surface area contributed by atoms with Gasteiger partial charge in [0.1, 0.15) is 12.1 Å². The van der Waals surface area contributed by atoms with Crippen molar-refractivity contribution >= 4 is 23.4 Å². The largest absolute Gasteiger partial charge is 0.460 e. The highest BCUT2D eigenvalue weighted by Crippen LogP contribution is 2.22. The minimum atomic E-state index is -0.501. The van der Waals surface area contributed by atoms with Crippen molar-refractivity contribution < 1.29 is 23.9 Å². The molecule has 0 aromatic carbocycles. The van der Waals surface area contributed by atoms with Gasteiger partial charge in [0.15, 0.2) is 11.6 Å². The Morgan fingerprint density at radius 2 is 1.65 bits per heavy atom. The molecule has 0 fully saturated rings. The van der Waals surface area contributed by atoms with Crippen LogP contribution >= 0.6 is 0 Å². The Morgan fingerprint density at radius 1 is 1.03 bits per heavy atom. The Hall–Kier alpha value is -2.06. The van der Waals surface area contributed by atoms with Crippen LogP contribution < -0.4 is 10.6 Å². The van der Waals surface area contributed by atoms with Gasteiger partial charge >= 0.3 is 5.97 Å². The molecule has 0 rings (SSSR count). The number of esters is 1. The molecular formula is C26H47N3O5. The summed E-state index contributed by atoms with van der Waals surface area (Å²) in [6.45, 7) is 7.29. The van der Waals surface area contributed by atoms with Crippen LogP contribution in [-0.4, -0.2) is 74.2 Å². The van der Waals surface area contributed by atoms with E-state index in [2.05, 4.69) is 10.6 Å². The molecule has 196 valence electrons. The third-order valence-corrected chi connectivity index (χ3v) is 5.97. The van der Waals surface area contributed by atoms with E-state index in [1.54, 1.807) is 7.05 Å². The second-order valence-corrected chi connectivity index (χ2v) is 9.15. The van der Waals surface area contributed by atoms with Crippen molar-refractivity contribution in [1.82, 2.24) is 15.5 Å². The van der Waals surface area contributed by atoms with Crippen LogP contribution in [0, 0.1) is 5.92 Å². The number of rotatable bonds is 19.